The first-order valence-electron chi connectivity index (χ1n) is 11.8. The van der Waals surface area contributed by atoms with Crippen LogP contribution in [0.15, 0.2) is 54.3 Å². The topological polar surface area (TPSA) is 80.3 Å². The van der Waals surface area contributed by atoms with Gasteiger partial charge in [0.25, 0.3) is 0 Å². The van der Waals surface area contributed by atoms with Crippen molar-refractivity contribution in [3.63, 3.8) is 0 Å². The van der Waals surface area contributed by atoms with E-state index in [1.807, 2.05) is 12.1 Å². The molecule has 1 heterocycles. The molecule has 1 aliphatic heterocycles. The Morgan fingerprint density at radius 3 is 2.16 bits per heavy atom. The SMILES string of the molecule is COc1ccc(/C=C2\Oc3cc(OC(=O)c4ccc(C(C)(C)C)cc4)cc(C)c3C2=O)c(OC)c1OC. The largest absolute Gasteiger partial charge is 0.493 e. The van der Waals surface area contributed by atoms with Crippen LogP contribution in [0.3, 0.4) is 0 Å². The molecule has 0 amide bonds. The fourth-order valence-corrected chi connectivity index (χ4v) is 4.19. The van der Waals surface area contributed by atoms with Gasteiger partial charge in [-0.15, -0.1) is 0 Å². The average Bonchev–Trinajstić information content (AvgIpc) is 3.18. The molecule has 0 bridgehead atoms. The zero-order chi connectivity index (χ0) is 26.9. The molecule has 3 aromatic carbocycles. The molecule has 0 saturated carbocycles. The van der Waals surface area contributed by atoms with Crippen molar-refractivity contribution in [2.45, 2.75) is 33.1 Å². The summed E-state index contributed by atoms with van der Waals surface area (Å²) in [5.74, 6) is 1.27. The summed E-state index contributed by atoms with van der Waals surface area (Å²) in [5.41, 5.74) is 3.17. The molecule has 0 aliphatic carbocycles. The number of Topliss-reactive ketones (excluding diaryl/α,β-unsaturated/α-hetero) is 1. The number of benzene rings is 3. The normalized spacial score (nSPS) is 13.7. The first-order valence-corrected chi connectivity index (χ1v) is 11.8. The lowest BCUT2D eigenvalue weighted by molar-refractivity contribution is 0.0734. The lowest BCUT2D eigenvalue weighted by atomic mass is 9.87. The second-order valence-electron chi connectivity index (χ2n) is 9.69. The minimum absolute atomic E-state index is 0.0183. The molecule has 192 valence electrons. The van der Waals surface area contributed by atoms with Gasteiger partial charge in [0.1, 0.15) is 11.5 Å². The second-order valence-corrected chi connectivity index (χ2v) is 9.69. The number of ketones is 1. The Balaban J connectivity index is 1.60. The van der Waals surface area contributed by atoms with Crippen LogP contribution in [0.4, 0.5) is 0 Å². The summed E-state index contributed by atoms with van der Waals surface area (Å²) < 4.78 is 27.8. The molecule has 0 aromatic heterocycles. The van der Waals surface area contributed by atoms with Crippen LogP contribution in [0.2, 0.25) is 0 Å². The van der Waals surface area contributed by atoms with E-state index in [9.17, 15) is 9.59 Å². The van der Waals surface area contributed by atoms with Crippen LogP contribution in [0.1, 0.15) is 58.2 Å². The first-order chi connectivity index (χ1) is 17.6. The van der Waals surface area contributed by atoms with Crippen LogP contribution >= 0.6 is 0 Å². The molecule has 0 N–H and O–H groups in total. The number of esters is 1. The van der Waals surface area contributed by atoms with Gasteiger partial charge in [-0.2, -0.15) is 0 Å². The van der Waals surface area contributed by atoms with Crippen molar-refractivity contribution in [3.05, 3.63) is 82.1 Å². The third-order valence-electron chi connectivity index (χ3n) is 6.16. The zero-order valence-electron chi connectivity index (χ0n) is 22.1. The number of fused-ring (bicyclic) bond motifs is 1. The van der Waals surface area contributed by atoms with Gasteiger partial charge in [0.2, 0.25) is 11.5 Å². The summed E-state index contributed by atoms with van der Waals surface area (Å²) in [6, 6.07) is 14.0. The van der Waals surface area contributed by atoms with E-state index in [1.54, 1.807) is 49.4 Å². The summed E-state index contributed by atoms with van der Waals surface area (Å²) in [6.07, 6.45) is 1.59. The van der Waals surface area contributed by atoms with Crippen molar-refractivity contribution in [1.82, 2.24) is 0 Å². The summed E-state index contributed by atoms with van der Waals surface area (Å²) >= 11 is 0. The number of carbonyl (C=O) groups excluding carboxylic acids is 2. The van der Waals surface area contributed by atoms with E-state index in [0.29, 0.717) is 51.0 Å². The van der Waals surface area contributed by atoms with Crippen molar-refractivity contribution in [2.24, 2.45) is 0 Å². The lowest BCUT2D eigenvalue weighted by Gasteiger charge is -2.18. The molecule has 7 nitrogen and oxygen atoms in total. The highest BCUT2D eigenvalue weighted by Gasteiger charge is 2.31. The van der Waals surface area contributed by atoms with Gasteiger partial charge in [0.05, 0.1) is 32.5 Å². The van der Waals surface area contributed by atoms with E-state index >= 15 is 0 Å². The van der Waals surface area contributed by atoms with Crippen molar-refractivity contribution in [2.75, 3.05) is 21.3 Å². The Hall–Kier alpha value is -4.26. The zero-order valence-corrected chi connectivity index (χ0v) is 22.1. The van der Waals surface area contributed by atoms with Gasteiger partial charge in [-0.05, 0) is 59.9 Å². The molecular formula is C30H30O7. The van der Waals surface area contributed by atoms with Gasteiger partial charge in [-0.25, -0.2) is 4.79 Å². The van der Waals surface area contributed by atoms with E-state index in [-0.39, 0.29) is 17.0 Å². The molecule has 0 saturated heterocycles. The number of aryl methyl sites for hydroxylation is 1. The Morgan fingerprint density at radius 2 is 1.57 bits per heavy atom. The van der Waals surface area contributed by atoms with Gasteiger partial charge >= 0.3 is 5.97 Å². The van der Waals surface area contributed by atoms with E-state index in [2.05, 4.69) is 20.8 Å². The first kappa shape index (κ1) is 25.8. The van der Waals surface area contributed by atoms with Gasteiger partial charge in [-0.3, -0.25) is 4.79 Å². The summed E-state index contributed by atoms with van der Waals surface area (Å²) in [6.45, 7) is 8.10. The van der Waals surface area contributed by atoms with Crippen LogP contribution in [-0.2, 0) is 5.41 Å². The maximum Gasteiger partial charge on any atom is 0.343 e. The Bertz CT molecular complexity index is 1390. The van der Waals surface area contributed by atoms with Crippen LogP contribution in [0.25, 0.3) is 6.08 Å². The number of methoxy groups -OCH3 is 3. The Morgan fingerprint density at radius 1 is 0.892 bits per heavy atom. The number of rotatable bonds is 6. The van der Waals surface area contributed by atoms with E-state index in [4.69, 9.17) is 23.7 Å². The fraction of sp³-hybridized carbons (Fsp3) is 0.267. The maximum absolute atomic E-state index is 13.2. The molecule has 0 atom stereocenters. The minimum atomic E-state index is -0.491. The lowest BCUT2D eigenvalue weighted by Crippen LogP contribution is -2.13. The smallest absolute Gasteiger partial charge is 0.343 e. The predicted molar refractivity (Wildman–Crippen MR) is 140 cm³/mol. The number of hydrogen-bond donors (Lipinski definition) is 0. The predicted octanol–water partition coefficient (Wildman–Crippen LogP) is 6.15. The highest BCUT2D eigenvalue weighted by Crippen LogP contribution is 2.42. The molecular weight excluding hydrogens is 472 g/mol. The number of hydrogen-bond acceptors (Lipinski definition) is 7. The Kier molecular flexibility index (Phi) is 6.99. The van der Waals surface area contributed by atoms with E-state index in [0.717, 1.165) is 5.56 Å². The summed E-state index contributed by atoms with van der Waals surface area (Å²) in [5, 5.41) is 0. The molecule has 0 radical (unpaired) electrons. The molecule has 4 rings (SSSR count). The second kappa shape index (κ2) is 10.0. The third-order valence-corrected chi connectivity index (χ3v) is 6.16. The van der Waals surface area contributed by atoms with Crippen molar-refractivity contribution >= 4 is 17.8 Å². The number of allylic oxidation sites excluding steroid dienone is 1. The van der Waals surface area contributed by atoms with Gasteiger partial charge in [-0.1, -0.05) is 32.9 Å². The summed E-state index contributed by atoms with van der Waals surface area (Å²) in [4.78, 5) is 25.9. The molecule has 3 aromatic rings. The van der Waals surface area contributed by atoms with Crippen LogP contribution in [0, 0.1) is 6.92 Å². The molecule has 1 aliphatic rings. The van der Waals surface area contributed by atoms with Crippen molar-refractivity contribution in [3.8, 4) is 28.7 Å². The number of carbonyl (C=O) groups is 2. The van der Waals surface area contributed by atoms with Gasteiger partial charge in [0.15, 0.2) is 17.3 Å². The third kappa shape index (κ3) is 5.03. The highest BCUT2D eigenvalue weighted by atomic mass is 16.5. The van der Waals surface area contributed by atoms with Crippen LogP contribution in [0.5, 0.6) is 28.7 Å². The van der Waals surface area contributed by atoms with Crippen LogP contribution in [-0.4, -0.2) is 33.1 Å². The monoisotopic (exact) mass is 502 g/mol. The van der Waals surface area contributed by atoms with Gasteiger partial charge < -0.3 is 23.7 Å². The molecule has 0 unspecified atom stereocenters. The highest BCUT2D eigenvalue weighted by molar-refractivity contribution is 6.15. The van der Waals surface area contributed by atoms with Gasteiger partial charge in [0, 0.05) is 11.6 Å². The number of ether oxygens (including phenoxy) is 5. The molecule has 7 heteroatoms. The molecule has 37 heavy (non-hydrogen) atoms. The molecule has 0 spiro atoms. The maximum atomic E-state index is 13.2. The average molecular weight is 503 g/mol. The van der Waals surface area contributed by atoms with Crippen molar-refractivity contribution in [1.29, 1.82) is 0 Å². The molecule has 0 fully saturated rings. The fourth-order valence-electron chi connectivity index (χ4n) is 4.19. The van der Waals surface area contributed by atoms with E-state index in [1.165, 1.54) is 21.3 Å². The van der Waals surface area contributed by atoms with Crippen molar-refractivity contribution < 1.29 is 33.3 Å². The summed E-state index contributed by atoms with van der Waals surface area (Å²) in [7, 11) is 4.55. The van der Waals surface area contributed by atoms with E-state index < -0.39 is 5.97 Å². The standard InChI is InChI=1S/C30H30O7/c1-17-14-21(36-29(32)18-8-11-20(12-9-18)30(2,3)4)16-23-25(17)26(31)24(37-23)15-19-10-13-22(33-5)28(35-7)27(19)34-6/h8-16H,1-7H3/b24-15-. The van der Waals surface area contributed by atoms with Crippen LogP contribution < -0.4 is 23.7 Å². The quantitative estimate of drug-likeness (QED) is 0.227. The minimum Gasteiger partial charge on any atom is -0.493 e. The Labute approximate surface area is 216 Å².